The van der Waals surface area contributed by atoms with Crippen molar-refractivity contribution in [3.05, 3.63) is 65.7 Å². The highest BCUT2D eigenvalue weighted by Crippen LogP contribution is 2.27. The Morgan fingerprint density at radius 2 is 1.81 bits per heavy atom. The van der Waals surface area contributed by atoms with Crippen LogP contribution in [0.1, 0.15) is 45.0 Å². The molecular weight excluding hydrogens is 331 g/mol. The molecule has 2 N–H and O–H groups in total. The highest BCUT2D eigenvalue weighted by Gasteiger charge is 2.31. The van der Waals surface area contributed by atoms with Gasteiger partial charge in [-0.1, -0.05) is 42.5 Å². The van der Waals surface area contributed by atoms with Crippen molar-refractivity contribution in [2.24, 2.45) is 0 Å². The first kappa shape index (κ1) is 19.8. The van der Waals surface area contributed by atoms with Crippen molar-refractivity contribution >= 4 is 11.8 Å². The van der Waals surface area contributed by atoms with Gasteiger partial charge in [0.2, 0.25) is 0 Å². The van der Waals surface area contributed by atoms with Crippen LogP contribution < -0.4 is 5.73 Å². The van der Waals surface area contributed by atoms with Crippen molar-refractivity contribution in [3.63, 3.8) is 0 Å². The van der Waals surface area contributed by atoms with E-state index in [4.69, 9.17) is 10.5 Å². The molecule has 2 aromatic rings. The predicted octanol–water partition coefficient (Wildman–Crippen LogP) is 5.11. The van der Waals surface area contributed by atoms with Gasteiger partial charge in [-0.25, -0.2) is 9.18 Å². The molecule has 0 fully saturated rings. The molecule has 4 nitrogen and oxygen atoms in total. The van der Waals surface area contributed by atoms with Crippen LogP contribution in [0.4, 0.5) is 14.9 Å². The number of carbonyl (C=O) groups is 1. The van der Waals surface area contributed by atoms with Gasteiger partial charge in [0.25, 0.3) is 0 Å². The SMILES string of the molecule is C[C@H]([C@H](F)c1ccccc1)N(Cc1cccc(N)c1)C(=O)OC(C)(C)C. The molecule has 140 valence electrons. The van der Waals surface area contributed by atoms with E-state index < -0.39 is 23.9 Å². The molecule has 0 aliphatic heterocycles. The summed E-state index contributed by atoms with van der Waals surface area (Å²) < 4.78 is 20.6. The number of hydrogen-bond donors (Lipinski definition) is 1. The van der Waals surface area contributed by atoms with Gasteiger partial charge in [0.15, 0.2) is 0 Å². The highest BCUT2D eigenvalue weighted by atomic mass is 19.1. The van der Waals surface area contributed by atoms with Crippen LogP contribution in [0.2, 0.25) is 0 Å². The van der Waals surface area contributed by atoms with E-state index in [0.717, 1.165) is 5.56 Å². The minimum atomic E-state index is -1.33. The zero-order valence-corrected chi connectivity index (χ0v) is 15.8. The van der Waals surface area contributed by atoms with Gasteiger partial charge in [0, 0.05) is 12.2 Å². The monoisotopic (exact) mass is 358 g/mol. The molecule has 0 saturated carbocycles. The number of ether oxygens (including phenoxy) is 1. The minimum absolute atomic E-state index is 0.217. The Labute approximate surface area is 154 Å². The smallest absolute Gasteiger partial charge is 0.410 e. The average Bonchev–Trinajstić information content (AvgIpc) is 2.57. The van der Waals surface area contributed by atoms with Gasteiger partial charge in [-0.15, -0.1) is 0 Å². The largest absolute Gasteiger partial charge is 0.444 e. The van der Waals surface area contributed by atoms with Gasteiger partial charge in [-0.05, 0) is 51.0 Å². The van der Waals surface area contributed by atoms with Crippen LogP contribution in [0.5, 0.6) is 0 Å². The normalized spacial score (nSPS) is 13.7. The summed E-state index contributed by atoms with van der Waals surface area (Å²) in [6.45, 7) is 7.28. The maximum atomic E-state index is 15.1. The third kappa shape index (κ3) is 5.48. The molecule has 2 rings (SSSR count). The fourth-order valence-electron chi connectivity index (χ4n) is 2.66. The Kier molecular flexibility index (Phi) is 6.24. The predicted molar refractivity (Wildman–Crippen MR) is 102 cm³/mol. The number of amides is 1. The topological polar surface area (TPSA) is 55.6 Å². The van der Waals surface area contributed by atoms with E-state index in [1.807, 2.05) is 18.2 Å². The van der Waals surface area contributed by atoms with Crippen LogP contribution in [0, 0.1) is 0 Å². The number of nitrogen functional groups attached to an aromatic ring is 1. The third-order valence-electron chi connectivity index (χ3n) is 3.97. The van der Waals surface area contributed by atoms with Crippen LogP contribution in [-0.2, 0) is 11.3 Å². The summed E-state index contributed by atoms with van der Waals surface area (Å²) in [5.41, 5.74) is 7.11. The molecular formula is C21H27FN2O2. The van der Waals surface area contributed by atoms with Crippen LogP contribution in [0.15, 0.2) is 54.6 Å². The van der Waals surface area contributed by atoms with Crippen LogP contribution in [0.3, 0.4) is 0 Å². The van der Waals surface area contributed by atoms with Crippen molar-refractivity contribution < 1.29 is 13.9 Å². The molecule has 2 atom stereocenters. The van der Waals surface area contributed by atoms with Crippen molar-refractivity contribution in [2.75, 3.05) is 5.73 Å². The third-order valence-corrected chi connectivity index (χ3v) is 3.97. The average molecular weight is 358 g/mol. The molecule has 1 amide bonds. The first-order valence-corrected chi connectivity index (χ1v) is 8.70. The van der Waals surface area contributed by atoms with E-state index >= 15 is 4.39 Å². The quantitative estimate of drug-likeness (QED) is 0.756. The van der Waals surface area contributed by atoms with Crippen LogP contribution >= 0.6 is 0 Å². The van der Waals surface area contributed by atoms with Gasteiger partial charge < -0.3 is 10.5 Å². The summed E-state index contributed by atoms with van der Waals surface area (Å²) in [5, 5.41) is 0. The minimum Gasteiger partial charge on any atom is -0.444 e. The molecule has 0 saturated heterocycles. The summed E-state index contributed by atoms with van der Waals surface area (Å²) in [6, 6.07) is 15.3. The number of anilines is 1. The summed E-state index contributed by atoms with van der Waals surface area (Å²) in [7, 11) is 0. The Hall–Kier alpha value is -2.56. The van der Waals surface area contributed by atoms with E-state index in [1.165, 1.54) is 4.90 Å². The number of alkyl halides is 1. The highest BCUT2D eigenvalue weighted by molar-refractivity contribution is 5.69. The zero-order valence-electron chi connectivity index (χ0n) is 15.8. The Morgan fingerprint density at radius 3 is 2.38 bits per heavy atom. The molecule has 0 aliphatic carbocycles. The number of nitrogens with two attached hydrogens (primary N) is 1. The lowest BCUT2D eigenvalue weighted by Crippen LogP contribution is -2.43. The molecule has 0 aliphatic rings. The van der Waals surface area contributed by atoms with E-state index in [9.17, 15) is 4.79 Å². The number of hydrogen-bond acceptors (Lipinski definition) is 3. The molecule has 2 aromatic carbocycles. The number of halogens is 1. The van der Waals surface area contributed by atoms with E-state index in [-0.39, 0.29) is 6.54 Å². The maximum Gasteiger partial charge on any atom is 0.410 e. The summed E-state index contributed by atoms with van der Waals surface area (Å²) >= 11 is 0. The Balaban J connectivity index is 2.28. The van der Waals surface area contributed by atoms with Crippen molar-refractivity contribution in [1.29, 1.82) is 0 Å². The Bertz CT molecular complexity index is 728. The second-order valence-electron chi connectivity index (χ2n) is 7.41. The number of carbonyl (C=O) groups excluding carboxylic acids is 1. The molecule has 0 heterocycles. The first-order valence-electron chi connectivity index (χ1n) is 8.70. The van der Waals surface area contributed by atoms with Gasteiger partial charge in [0.05, 0.1) is 6.04 Å². The number of benzene rings is 2. The van der Waals surface area contributed by atoms with Gasteiger partial charge in [-0.3, -0.25) is 4.90 Å². The molecule has 0 unspecified atom stereocenters. The van der Waals surface area contributed by atoms with E-state index in [2.05, 4.69) is 0 Å². The van der Waals surface area contributed by atoms with Crippen molar-refractivity contribution in [1.82, 2.24) is 4.90 Å². The Morgan fingerprint density at radius 1 is 1.15 bits per heavy atom. The molecule has 0 spiro atoms. The second-order valence-corrected chi connectivity index (χ2v) is 7.41. The van der Waals surface area contributed by atoms with Gasteiger partial charge >= 0.3 is 6.09 Å². The van der Waals surface area contributed by atoms with Crippen LogP contribution in [0.25, 0.3) is 0 Å². The van der Waals surface area contributed by atoms with Crippen molar-refractivity contribution in [2.45, 2.75) is 52.1 Å². The molecule has 26 heavy (non-hydrogen) atoms. The first-order chi connectivity index (χ1) is 12.2. The van der Waals surface area contributed by atoms with E-state index in [1.54, 1.807) is 64.1 Å². The van der Waals surface area contributed by atoms with E-state index in [0.29, 0.717) is 11.3 Å². The lowest BCUT2D eigenvalue weighted by molar-refractivity contribution is 0.00598. The second kappa shape index (κ2) is 8.21. The van der Waals surface area contributed by atoms with Crippen LogP contribution in [-0.4, -0.2) is 22.6 Å². The summed E-state index contributed by atoms with van der Waals surface area (Å²) in [6.07, 6.45) is -1.88. The summed E-state index contributed by atoms with van der Waals surface area (Å²) in [5.74, 6) is 0. The lowest BCUT2D eigenvalue weighted by atomic mass is 10.0. The molecule has 0 bridgehead atoms. The zero-order chi connectivity index (χ0) is 19.3. The lowest BCUT2D eigenvalue weighted by Gasteiger charge is -2.33. The van der Waals surface area contributed by atoms with Gasteiger partial charge in [-0.2, -0.15) is 0 Å². The molecule has 5 heteroatoms. The summed E-state index contributed by atoms with van der Waals surface area (Å²) in [4.78, 5) is 14.1. The maximum absolute atomic E-state index is 15.1. The standard InChI is InChI=1S/C21H27FN2O2/c1-15(19(22)17-10-6-5-7-11-17)24(20(25)26-21(2,3)4)14-16-9-8-12-18(23)13-16/h5-13,15,19H,14,23H2,1-4H3/t15-,19+/m1/s1. The number of rotatable bonds is 5. The molecule has 0 radical (unpaired) electrons. The van der Waals surface area contributed by atoms with Gasteiger partial charge in [0.1, 0.15) is 11.8 Å². The fourth-order valence-corrected chi connectivity index (χ4v) is 2.66. The number of nitrogens with zero attached hydrogens (tertiary/aromatic N) is 1. The fraction of sp³-hybridized carbons (Fsp3) is 0.381. The molecule has 0 aromatic heterocycles. The van der Waals surface area contributed by atoms with Crippen molar-refractivity contribution in [3.8, 4) is 0 Å².